The number of hydrogen-bond donors (Lipinski definition) is 1. The van der Waals surface area contributed by atoms with Crippen LogP contribution in [0.1, 0.15) is 27.0 Å². The third-order valence-electron chi connectivity index (χ3n) is 4.19. The first-order valence-electron chi connectivity index (χ1n) is 9.05. The van der Waals surface area contributed by atoms with Gasteiger partial charge in [0.2, 0.25) is 11.7 Å². The molecular weight excluding hydrogens is 468 g/mol. The molecule has 0 aliphatic heterocycles. The molecule has 2 aromatic heterocycles. The number of carbonyl (C=O) groups is 1. The lowest BCUT2D eigenvalue weighted by Crippen LogP contribution is -2.13. The normalized spacial score (nSPS) is 10.8. The van der Waals surface area contributed by atoms with Crippen LogP contribution in [0.2, 0.25) is 0 Å². The number of benzene rings is 2. The summed E-state index contributed by atoms with van der Waals surface area (Å²) in [6.07, 6.45) is 0. The molecule has 0 radical (unpaired) electrons. The lowest BCUT2D eigenvalue weighted by Gasteiger charge is -2.09. The summed E-state index contributed by atoms with van der Waals surface area (Å²) < 4.78 is 11.7. The van der Waals surface area contributed by atoms with Gasteiger partial charge in [-0.2, -0.15) is 4.98 Å². The van der Waals surface area contributed by atoms with Crippen LogP contribution in [0.5, 0.6) is 5.75 Å². The molecule has 7 nitrogen and oxygen atoms in total. The van der Waals surface area contributed by atoms with Crippen molar-refractivity contribution in [2.45, 2.75) is 20.5 Å². The van der Waals surface area contributed by atoms with Gasteiger partial charge >= 0.3 is 0 Å². The monoisotopic (exact) mass is 484 g/mol. The summed E-state index contributed by atoms with van der Waals surface area (Å²) in [5, 5.41) is 7.20. The molecule has 0 saturated heterocycles. The highest BCUT2D eigenvalue weighted by Gasteiger charge is 2.17. The number of rotatable bonds is 6. The molecule has 1 amide bonds. The SMILES string of the molecule is Cc1nc(COc2ccccc2C(=O)Nc2nc(-c3ccc(Br)cc3)c(C)s2)no1. The van der Waals surface area contributed by atoms with Crippen LogP contribution in [0.25, 0.3) is 11.3 Å². The van der Waals surface area contributed by atoms with Gasteiger partial charge in [0.1, 0.15) is 5.75 Å². The maximum atomic E-state index is 12.9. The first-order valence-corrected chi connectivity index (χ1v) is 10.7. The molecule has 0 unspecified atom stereocenters. The van der Waals surface area contributed by atoms with Crippen LogP contribution in [-0.2, 0) is 6.61 Å². The lowest BCUT2D eigenvalue weighted by atomic mass is 10.1. The van der Waals surface area contributed by atoms with E-state index in [0.29, 0.717) is 28.2 Å². The summed E-state index contributed by atoms with van der Waals surface area (Å²) in [4.78, 5) is 22.6. The number of thiazole rings is 1. The summed E-state index contributed by atoms with van der Waals surface area (Å²) in [6.45, 7) is 3.79. The molecule has 0 aliphatic rings. The fraction of sp³-hybridized carbons (Fsp3) is 0.143. The van der Waals surface area contributed by atoms with Gasteiger partial charge in [-0.25, -0.2) is 4.98 Å². The molecule has 4 aromatic rings. The van der Waals surface area contributed by atoms with Crippen molar-refractivity contribution in [3.8, 4) is 17.0 Å². The Balaban J connectivity index is 1.50. The van der Waals surface area contributed by atoms with Crippen LogP contribution in [0.15, 0.2) is 57.5 Å². The Morgan fingerprint density at radius 2 is 1.90 bits per heavy atom. The Labute approximate surface area is 185 Å². The van der Waals surface area contributed by atoms with E-state index in [0.717, 1.165) is 20.6 Å². The van der Waals surface area contributed by atoms with Crippen LogP contribution in [0.3, 0.4) is 0 Å². The van der Waals surface area contributed by atoms with Crippen LogP contribution in [-0.4, -0.2) is 21.0 Å². The molecular formula is C21H17BrN4O3S. The first kappa shape index (κ1) is 20.2. The van der Waals surface area contributed by atoms with Crippen molar-refractivity contribution in [2.24, 2.45) is 0 Å². The summed E-state index contributed by atoms with van der Waals surface area (Å²) in [5.41, 5.74) is 2.24. The summed E-state index contributed by atoms with van der Waals surface area (Å²) in [6, 6.07) is 14.9. The molecule has 0 bridgehead atoms. The smallest absolute Gasteiger partial charge is 0.261 e. The fourth-order valence-corrected chi connectivity index (χ4v) is 3.91. The second-order valence-corrected chi connectivity index (χ2v) is 8.52. The predicted octanol–water partition coefficient (Wildman–Crippen LogP) is 5.40. The second-order valence-electron chi connectivity index (χ2n) is 6.40. The van der Waals surface area contributed by atoms with E-state index in [4.69, 9.17) is 9.26 Å². The first-order chi connectivity index (χ1) is 14.5. The second kappa shape index (κ2) is 8.76. The number of amides is 1. The molecule has 0 aliphatic carbocycles. The van der Waals surface area contributed by atoms with Gasteiger partial charge in [-0.1, -0.05) is 45.4 Å². The van der Waals surface area contributed by atoms with Gasteiger partial charge in [-0.15, -0.1) is 11.3 Å². The van der Waals surface area contributed by atoms with Crippen molar-refractivity contribution < 1.29 is 14.1 Å². The number of halogens is 1. The summed E-state index contributed by atoms with van der Waals surface area (Å²) >= 11 is 4.86. The third kappa shape index (κ3) is 4.58. The Bertz CT molecular complexity index is 1190. The van der Waals surface area contributed by atoms with Crippen LogP contribution in [0.4, 0.5) is 5.13 Å². The highest BCUT2D eigenvalue weighted by molar-refractivity contribution is 9.10. The van der Waals surface area contributed by atoms with Gasteiger partial charge in [0.05, 0.1) is 11.3 Å². The minimum atomic E-state index is -0.300. The van der Waals surface area contributed by atoms with E-state index in [1.165, 1.54) is 11.3 Å². The maximum absolute atomic E-state index is 12.9. The minimum absolute atomic E-state index is 0.103. The van der Waals surface area contributed by atoms with E-state index >= 15 is 0 Å². The third-order valence-corrected chi connectivity index (χ3v) is 5.61. The minimum Gasteiger partial charge on any atom is -0.485 e. The predicted molar refractivity (Wildman–Crippen MR) is 118 cm³/mol. The molecule has 4 rings (SSSR count). The number of nitrogens with zero attached hydrogens (tertiary/aromatic N) is 3. The number of para-hydroxylation sites is 1. The van der Waals surface area contributed by atoms with E-state index < -0.39 is 0 Å². The van der Waals surface area contributed by atoms with Crippen molar-refractivity contribution in [1.29, 1.82) is 0 Å². The topological polar surface area (TPSA) is 90.1 Å². The highest BCUT2D eigenvalue weighted by Crippen LogP contribution is 2.31. The van der Waals surface area contributed by atoms with E-state index in [-0.39, 0.29) is 12.5 Å². The Morgan fingerprint density at radius 1 is 1.13 bits per heavy atom. The fourth-order valence-electron chi connectivity index (χ4n) is 2.81. The average Bonchev–Trinajstić information content (AvgIpc) is 3.32. The van der Waals surface area contributed by atoms with Crippen LogP contribution < -0.4 is 10.1 Å². The van der Waals surface area contributed by atoms with Crippen molar-refractivity contribution in [1.82, 2.24) is 15.1 Å². The Kier molecular flexibility index (Phi) is 5.91. The number of anilines is 1. The number of ether oxygens (including phenoxy) is 1. The molecule has 0 spiro atoms. The van der Waals surface area contributed by atoms with E-state index in [1.54, 1.807) is 31.2 Å². The Hall–Kier alpha value is -3.04. The number of carbonyl (C=O) groups excluding carboxylic acids is 1. The van der Waals surface area contributed by atoms with Gasteiger partial charge in [0.15, 0.2) is 11.7 Å². The van der Waals surface area contributed by atoms with Gasteiger partial charge < -0.3 is 9.26 Å². The molecule has 2 aromatic carbocycles. The maximum Gasteiger partial charge on any atom is 0.261 e. The molecule has 0 fully saturated rings. The highest BCUT2D eigenvalue weighted by atomic mass is 79.9. The van der Waals surface area contributed by atoms with E-state index in [2.05, 4.69) is 36.4 Å². The quantitative estimate of drug-likeness (QED) is 0.393. The molecule has 0 saturated carbocycles. The molecule has 0 atom stereocenters. The average molecular weight is 485 g/mol. The van der Waals surface area contributed by atoms with Crippen LogP contribution >= 0.6 is 27.3 Å². The lowest BCUT2D eigenvalue weighted by molar-refractivity contribution is 0.102. The molecule has 2 heterocycles. The largest absolute Gasteiger partial charge is 0.485 e. The molecule has 1 N–H and O–H groups in total. The van der Waals surface area contributed by atoms with Crippen molar-refractivity contribution >= 4 is 38.3 Å². The van der Waals surface area contributed by atoms with Crippen molar-refractivity contribution in [3.05, 3.63) is 75.2 Å². The van der Waals surface area contributed by atoms with Crippen molar-refractivity contribution in [2.75, 3.05) is 5.32 Å². The number of aromatic nitrogens is 3. The standard InChI is InChI=1S/C21H17BrN4O3S/c1-12-19(14-7-9-15(22)10-8-14)24-21(30-12)25-20(27)16-5-3-4-6-17(16)28-11-18-23-13(2)29-26-18/h3-10H,11H2,1-2H3,(H,24,25,27). The van der Waals surface area contributed by atoms with Crippen LogP contribution in [0, 0.1) is 13.8 Å². The van der Waals surface area contributed by atoms with Gasteiger partial charge in [-0.05, 0) is 31.2 Å². The molecule has 152 valence electrons. The number of aryl methyl sites for hydroxylation is 2. The van der Waals surface area contributed by atoms with Crippen molar-refractivity contribution in [3.63, 3.8) is 0 Å². The summed E-state index contributed by atoms with van der Waals surface area (Å²) in [7, 11) is 0. The van der Waals surface area contributed by atoms with Gasteiger partial charge in [-0.3, -0.25) is 10.1 Å². The number of hydrogen-bond acceptors (Lipinski definition) is 7. The van der Waals surface area contributed by atoms with Gasteiger partial charge in [0.25, 0.3) is 5.91 Å². The zero-order valence-corrected chi connectivity index (χ0v) is 18.6. The zero-order valence-electron chi connectivity index (χ0n) is 16.2. The zero-order chi connectivity index (χ0) is 21.1. The van der Waals surface area contributed by atoms with E-state index in [9.17, 15) is 4.79 Å². The number of nitrogens with one attached hydrogen (secondary N) is 1. The van der Waals surface area contributed by atoms with E-state index in [1.807, 2.05) is 31.2 Å². The summed E-state index contributed by atoms with van der Waals surface area (Å²) in [5.74, 6) is 1.00. The Morgan fingerprint density at radius 3 is 2.63 bits per heavy atom. The molecule has 9 heteroatoms. The molecule has 30 heavy (non-hydrogen) atoms. The van der Waals surface area contributed by atoms with Gasteiger partial charge in [0, 0.05) is 21.8 Å².